The maximum absolute atomic E-state index is 12.5. The van der Waals surface area contributed by atoms with Crippen molar-refractivity contribution in [3.8, 4) is 0 Å². The average Bonchev–Trinajstić information content (AvgIpc) is 2.81. The first kappa shape index (κ1) is 15.6. The van der Waals surface area contributed by atoms with Crippen molar-refractivity contribution in [3.05, 3.63) is 0 Å². The molecular weight excluding hydrogens is 254 g/mol. The molecule has 0 unspecified atom stereocenters. The minimum Gasteiger partial charge on any atom is -0.444 e. The second-order valence-corrected chi connectivity index (χ2v) is 7.27. The van der Waals surface area contributed by atoms with E-state index in [9.17, 15) is 9.90 Å². The molecule has 0 bridgehead atoms. The molecule has 1 saturated heterocycles. The number of carbonyl (C=O) groups is 1. The predicted octanol–water partition coefficient (Wildman–Crippen LogP) is 3.33. The molecule has 1 N–H and O–H groups in total. The van der Waals surface area contributed by atoms with Gasteiger partial charge in [-0.3, -0.25) is 4.90 Å². The van der Waals surface area contributed by atoms with Crippen LogP contribution in [0.1, 0.15) is 65.7 Å². The highest BCUT2D eigenvalue weighted by Gasteiger charge is 2.42. The normalized spacial score (nSPS) is 28.7. The van der Waals surface area contributed by atoms with Gasteiger partial charge in [0.2, 0.25) is 0 Å². The van der Waals surface area contributed by atoms with Gasteiger partial charge in [-0.15, -0.1) is 0 Å². The molecule has 1 heterocycles. The van der Waals surface area contributed by atoms with Crippen LogP contribution in [0.5, 0.6) is 0 Å². The Morgan fingerprint density at radius 3 is 2.35 bits per heavy atom. The molecule has 2 fully saturated rings. The summed E-state index contributed by atoms with van der Waals surface area (Å²) in [6.07, 6.45) is 7.94. The first-order valence-electron chi connectivity index (χ1n) is 8.04. The molecule has 2 rings (SSSR count). The minimum atomic E-state index is -0.475. The first-order valence-corrected chi connectivity index (χ1v) is 8.04. The van der Waals surface area contributed by atoms with Crippen molar-refractivity contribution in [2.75, 3.05) is 6.61 Å². The van der Waals surface area contributed by atoms with E-state index in [2.05, 4.69) is 0 Å². The molecule has 1 aliphatic heterocycles. The largest absolute Gasteiger partial charge is 0.444 e. The molecule has 4 heteroatoms. The van der Waals surface area contributed by atoms with Crippen molar-refractivity contribution >= 4 is 6.09 Å². The fraction of sp³-hybridized carbons (Fsp3) is 0.938. The minimum absolute atomic E-state index is 0.0441. The molecule has 2 atom stereocenters. The number of aliphatic hydroxyl groups excluding tert-OH is 1. The Bertz CT molecular complexity index is 331. The van der Waals surface area contributed by atoms with Crippen LogP contribution in [0, 0.1) is 5.92 Å². The fourth-order valence-electron chi connectivity index (χ4n) is 3.67. The maximum atomic E-state index is 12.5. The lowest BCUT2D eigenvalue weighted by atomic mass is 9.83. The van der Waals surface area contributed by atoms with Gasteiger partial charge < -0.3 is 9.84 Å². The SMILES string of the molecule is CC(C)(C)OC(=O)N1[C@@H](CO)CC[C@H]1C1CCCCC1. The number of hydrogen-bond acceptors (Lipinski definition) is 3. The topological polar surface area (TPSA) is 49.8 Å². The highest BCUT2D eigenvalue weighted by atomic mass is 16.6. The first-order chi connectivity index (χ1) is 9.42. The molecule has 1 saturated carbocycles. The summed E-state index contributed by atoms with van der Waals surface area (Å²) in [5.41, 5.74) is -0.475. The number of likely N-dealkylation sites (tertiary alicyclic amines) is 1. The van der Waals surface area contributed by atoms with Gasteiger partial charge in [0.05, 0.1) is 12.6 Å². The molecule has 1 aliphatic carbocycles. The zero-order chi connectivity index (χ0) is 14.8. The van der Waals surface area contributed by atoms with Crippen molar-refractivity contribution in [1.29, 1.82) is 0 Å². The quantitative estimate of drug-likeness (QED) is 0.845. The zero-order valence-corrected chi connectivity index (χ0v) is 13.1. The lowest BCUT2D eigenvalue weighted by Gasteiger charge is -2.37. The number of nitrogens with zero attached hydrogens (tertiary/aromatic N) is 1. The van der Waals surface area contributed by atoms with Crippen LogP contribution in [0.3, 0.4) is 0 Å². The zero-order valence-electron chi connectivity index (χ0n) is 13.1. The van der Waals surface area contributed by atoms with Gasteiger partial charge in [0.1, 0.15) is 5.60 Å². The summed E-state index contributed by atoms with van der Waals surface area (Å²) in [5, 5.41) is 9.55. The van der Waals surface area contributed by atoms with Gasteiger partial charge in [0.25, 0.3) is 0 Å². The number of ether oxygens (including phenoxy) is 1. The van der Waals surface area contributed by atoms with Crippen LogP contribution in [0.2, 0.25) is 0 Å². The second kappa shape index (κ2) is 6.33. The molecular formula is C16H29NO3. The van der Waals surface area contributed by atoms with Crippen molar-refractivity contribution in [2.24, 2.45) is 5.92 Å². The van der Waals surface area contributed by atoms with Gasteiger partial charge >= 0.3 is 6.09 Å². The van der Waals surface area contributed by atoms with Gasteiger partial charge in [-0.25, -0.2) is 4.79 Å². The van der Waals surface area contributed by atoms with Crippen molar-refractivity contribution in [2.45, 2.75) is 83.4 Å². The molecule has 116 valence electrons. The molecule has 2 aliphatic rings. The standard InChI is InChI=1S/C16H29NO3/c1-16(2,3)20-15(19)17-13(11-18)9-10-14(17)12-7-5-4-6-8-12/h12-14,18H,4-11H2,1-3H3/t13-,14+/m1/s1. The number of hydrogen-bond donors (Lipinski definition) is 1. The Morgan fingerprint density at radius 2 is 1.80 bits per heavy atom. The molecule has 4 nitrogen and oxygen atoms in total. The molecule has 20 heavy (non-hydrogen) atoms. The second-order valence-electron chi connectivity index (χ2n) is 7.27. The summed E-state index contributed by atoms with van der Waals surface area (Å²) in [4.78, 5) is 14.3. The smallest absolute Gasteiger partial charge is 0.410 e. The van der Waals surface area contributed by atoms with E-state index < -0.39 is 5.60 Å². The van der Waals surface area contributed by atoms with E-state index in [-0.39, 0.29) is 24.8 Å². The van der Waals surface area contributed by atoms with E-state index in [1.165, 1.54) is 32.1 Å². The van der Waals surface area contributed by atoms with E-state index in [0.29, 0.717) is 5.92 Å². The summed E-state index contributed by atoms with van der Waals surface area (Å²) in [7, 11) is 0. The molecule has 0 radical (unpaired) electrons. The molecule has 0 spiro atoms. The molecule has 0 aromatic rings. The van der Waals surface area contributed by atoms with E-state index >= 15 is 0 Å². The van der Waals surface area contributed by atoms with Gasteiger partial charge in [-0.2, -0.15) is 0 Å². The van der Waals surface area contributed by atoms with Gasteiger partial charge in [-0.05, 0) is 52.4 Å². The summed E-state index contributed by atoms with van der Waals surface area (Å²) in [6, 6.07) is 0.207. The van der Waals surface area contributed by atoms with Crippen molar-refractivity contribution < 1.29 is 14.6 Å². The van der Waals surface area contributed by atoms with Crippen LogP contribution in [0.15, 0.2) is 0 Å². The van der Waals surface area contributed by atoms with Crippen LogP contribution in [-0.2, 0) is 4.74 Å². The third-order valence-corrected chi connectivity index (χ3v) is 4.56. The third-order valence-electron chi connectivity index (χ3n) is 4.56. The number of rotatable bonds is 2. The molecule has 0 aromatic carbocycles. The van der Waals surface area contributed by atoms with Crippen LogP contribution < -0.4 is 0 Å². The fourth-order valence-corrected chi connectivity index (χ4v) is 3.67. The van der Waals surface area contributed by atoms with Crippen LogP contribution in [0.25, 0.3) is 0 Å². The molecule has 1 amide bonds. The van der Waals surface area contributed by atoms with E-state index in [0.717, 1.165) is 12.8 Å². The van der Waals surface area contributed by atoms with Crippen LogP contribution in [-0.4, -0.2) is 40.4 Å². The van der Waals surface area contributed by atoms with Crippen molar-refractivity contribution in [3.63, 3.8) is 0 Å². The molecule has 0 aromatic heterocycles. The van der Waals surface area contributed by atoms with Gasteiger partial charge in [0, 0.05) is 6.04 Å². The Kier molecular flexibility index (Phi) is 4.95. The third kappa shape index (κ3) is 3.66. The van der Waals surface area contributed by atoms with E-state index in [4.69, 9.17) is 4.74 Å². The summed E-state index contributed by atoms with van der Waals surface area (Å²) in [6.45, 7) is 5.72. The highest BCUT2D eigenvalue weighted by molar-refractivity contribution is 5.69. The van der Waals surface area contributed by atoms with Crippen molar-refractivity contribution in [1.82, 2.24) is 4.90 Å². The Balaban J connectivity index is 2.08. The number of amides is 1. The van der Waals surface area contributed by atoms with Gasteiger partial charge in [-0.1, -0.05) is 19.3 Å². The Hall–Kier alpha value is -0.770. The van der Waals surface area contributed by atoms with E-state index in [1.54, 1.807) is 0 Å². The van der Waals surface area contributed by atoms with E-state index in [1.807, 2.05) is 25.7 Å². The summed E-state index contributed by atoms with van der Waals surface area (Å²) >= 11 is 0. The summed E-state index contributed by atoms with van der Waals surface area (Å²) < 4.78 is 5.55. The van der Waals surface area contributed by atoms with Gasteiger partial charge in [0.15, 0.2) is 0 Å². The number of aliphatic hydroxyl groups is 1. The summed E-state index contributed by atoms with van der Waals surface area (Å²) in [5.74, 6) is 0.591. The lowest BCUT2D eigenvalue weighted by Crippen LogP contribution is -2.48. The predicted molar refractivity (Wildman–Crippen MR) is 78.5 cm³/mol. The van der Waals surface area contributed by atoms with Crippen LogP contribution >= 0.6 is 0 Å². The van der Waals surface area contributed by atoms with Crippen LogP contribution in [0.4, 0.5) is 4.79 Å². The average molecular weight is 283 g/mol. The Labute approximate surface area is 122 Å². The number of carbonyl (C=O) groups excluding carboxylic acids is 1. The Morgan fingerprint density at radius 1 is 1.15 bits per heavy atom. The monoisotopic (exact) mass is 283 g/mol. The lowest BCUT2D eigenvalue weighted by molar-refractivity contribution is 0.000820. The maximum Gasteiger partial charge on any atom is 0.410 e. The highest BCUT2D eigenvalue weighted by Crippen LogP contribution is 2.37.